The van der Waals surface area contributed by atoms with E-state index in [0.29, 0.717) is 29.0 Å². The standard InChI is InChI=1S/C27H28FN5O4/c1-17-2-8-21(28)22(16-17)33(27(30)34)19-5-3-18(4-6-19)20-7-9-23(25-24(20)26(29)31-37-25)36-15-12-32-10-13-35-14-11-32/h2-9,16H,10-15H2,1H3,(H2,29,31)(H2,30,34). The van der Waals surface area contributed by atoms with Gasteiger partial charge in [-0.2, -0.15) is 0 Å². The topological polar surface area (TPSA) is 120 Å². The van der Waals surface area contributed by atoms with Crippen LogP contribution in [-0.4, -0.2) is 55.5 Å². The third-order valence-corrected chi connectivity index (χ3v) is 6.38. The molecule has 0 aliphatic carbocycles. The van der Waals surface area contributed by atoms with Crippen LogP contribution >= 0.6 is 0 Å². The van der Waals surface area contributed by atoms with E-state index < -0.39 is 11.8 Å². The van der Waals surface area contributed by atoms with E-state index in [1.165, 1.54) is 6.07 Å². The molecule has 1 aromatic heterocycles. The van der Waals surface area contributed by atoms with Crippen molar-refractivity contribution in [1.29, 1.82) is 0 Å². The number of hydrogen-bond acceptors (Lipinski definition) is 7. The van der Waals surface area contributed by atoms with E-state index in [0.717, 1.165) is 54.4 Å². The second-order valence-corrected chi connectivity index (χ2v) is 8.86. The van der Waals surface area contributed by atoms with Crippen LogP contribution in [-0.2, 0) is 4.74 Å². The third-order valence-electron chi connectivity index (χ3n) is 6.38. The summed E-state index contributed by atoms with van der Waals surface area (Å²) in [4.78, 5) is 15.7. The number of carbonyl (C=O) groups excluding carboxylic acids is 1. The Morgan fingerprint density at radius 1 is 1.14 bits per heavy atom. The van der Waals surface area contributed by atoms with Crippen LogP contribution < -0.4 is 21.1 Å². The predicted octanol–water partition coefficient (Wildman–Crippen LogP) is 4.45. The van der Waals surface area contributed by atoms with E-state index in [1.807, 2.05) is 19.1 Å². The van der Waals surface area contributed by atoms with Crippen LogP contribution in [0.5, 0.6) is 5.75 Å². The van der Waals surface area contributed by atoms with Gasteiger partial charge in [-0.05, 0) is 60.0 Å². The highest BCUT2D eigenvalue weighted by molar-refractivity contribution is 6.04. The lowest BCUT2D eigenvalue weighted by atomic mass is 10.0. The molecule has 192 valence electrons. The number of rotatable bonds is 7. The van der Waals surface area contributed by atoms with Gasteiger partial charge in [0.05, 0.1) is 30.0 Å². The molecule has 0 radical (unpaired) electrons. The average Bonchev–Trinajstić information content (AvgIpc) is 3.29. The van der Waals surface area contributed by atoms with Gasteiger partial charge in [-0.25, -0.2) is 9.18 Å². The number of morpholine rings is 1. The van der Waals surface area contributed by atoms with Crippen molar-refractivity contribution in [2.24, 2.45) is 5.73 Å². The summed E-state index contributed by atoms with van der Waals surface area (Å²) in [5.74, 6) is 0.257. The molecule has 0 saturated carbocycles. The van der Waals surface area contributed by atoms with Crippen molar-refractivity contribution < 1.29 is 23.2 Å². The van der Waals surface area contributed by atoms with Crippen molar-refractivity contribution >= 4 is 34.2 Å². The van der Waals surface area contributed by atoms with Gasteiger partial charge in [0.15, 0.2) is 11.6 Å². The van der Waals surface area contributed by atoms with E-state index in [-0.39, 0.29) is 11.5 Å². The first-order valence-electron chi connectivity index (χ1n) is 12.0. The summed E-state index contributed by atoms with van der Waals surface area (Å²) >= 11 is 0. The van der Waals surface area contributed by atoms with E-state index in [9.17, 15) is 9.18 Å². The molecule has 5 rings (SSSR count). The summed E-state index contributed by atoms with van der Waals surface area (Å²) in [6.07, 6.45) is 0. The zero-order valence-electron chi connectivity index (χ0n) is 20.4. The Morgan fingerprint density at radius 3 is 2.62 bits per heavy atom. The molecule has 37 heavy (non-hydrogen) atoms. The number of ether oxygens (including phenoxy) is 2. The molecule has 4 aromatic rings. The Kier molecular flexibility index (Phi) is 6.93. The minimum atomic E-state index is -0.790. The molecule has 0 spiro atoms. The van der Waals surface area contributed by atoms with Crippen LogP contribution in [0.1, 0.15) is 5.56 Å². The van der Waals surface area contributed by atoms with Crippen LogP contribution in [0.4, 0.5) is 26.4 Å². The molecular formula is C27H28FN5O4. The minimum Gasteiger partial charge on any atom is -0.488 e. The Hall–Kier alpha value is -4.15. The van der Waals surface area contributed by atoms with Gasteiger partial charge in [-0.1, -0.05) is 23.4 Å². The van der Waals surface area contributed by atoms with Crippen molar-refractivity contribution in [3.63, 3.8) is 0 Å². The van der Waals surface area contributed by atoms with Gasteiger partial charge in [0, 0.05) is 19.6 Å². The summed E-state index contributed by atoms with van der Waals surface area (Å²) in [6.45, 7) is 6.30. The maximum absolute atomic E-state index is 14.5. The molecule has 1 aliphatic heterocycles. The van der Waals surface area contributed by atoms with E-state index >= 15 is 0 Å². The molecule has 3 aromatic carbocycles. The van der Waals surface area contributed by atoms with Gasteiger partial charge in [-0.15, -0.1) is 0 Å². The molecule has 10 heteroatoms. The third kappa shape index (κ3) is 5.07. The number of aromatic nitrogens is 1. The number of halogens is 1. The number of nitrogens with two attached hydrogens (primary N) is 2. The zero-order valence-corrected chi connectivity index (χ0v) is 20.4. The maximum Gasteiger partial charge on any atom is 0.323 e. The molecule has 0 unspecified atom stereocenters. The first kappa shape index (κ1) is 24.5. The molecule has 0 atom stereocenters. The number of primary amides is 1. The van der Waals surface area contributed by atoms with Gasteiger partial charge in [0.2, 0.25) is 5.58 Å². The van der Waals surface area contributed by atoms with Crippen LogP contribution in [0.3, 0.4) is 0 Å². The van der Waals surface area contributed by atoms with E-state index in [1.54, 1.807) is 36.4 Å². The summed E-state index contributed by atoms with van der Waals surface area (Å²) in [5.41, 5.74) is 15.1. The average molecular weight is 506 g/mol. The highest BCUT2D eigenvalue weighted by Gasteiger charge is 2.21. The number of nitrogens with zero attached hydrogens (tertiary/aromatic N) is 3. The smallest absolute Gasteiger partial charge is 0.323 e. The summed E-state index contributed by atoms with van der Waals surface area (Å²) < 4.78 is 31.4. The molecule has 1 saturated heterocycles. The number of carbonyl (C=O) groups is 1. The van der Waals surface area contributed by atoms with Crippen LogP contribution in [0, 0.1) is 12.7 Å². The highest BCUT2D eigenvalue weighted by Crippen LogP contribution is 2.39. The lowest BCUT2D eigenvalue weighted by Gasteiger charge is -2.26. The van der Waals surface area contributed by atoms with Gasteiger partial charge in [0.1, 0.15) is 12.4 Å². The van der Waals surface area contributed by atoms with E-state index in [2.05, 4.69) is 10.1 Å². The zero-order chi connectivity index (χ0) is 25.9. The van der Waals surface area contributed by atoms with Gasteiger partial charge in [-0.3, -0.25) is 9.80 Å². The van der Waals surface area contributed by atoms with Crippen LogP contribution in [0.25, 0.3) is 22.1 Å². The number of amides is 2. The molecule has 2 amide bonds. The summed E-state index contributed by atoms with van der Waals surface area (Å²) in [7, 11) is 0. The first-order valence-corrected chi connectivity index (χ1v) is 12.0. The Labute approximate surface area is 213 Å². The van der Waals surface area contributed by atoms with Crippen molar-refractivity contribution in [2.75, 3.05) is 50.1 Å². The largest absolute Gasteiger partial charge is 0.488 e. The number of nitrogen functional groups attached to an aromatic ring is 1. The van der Waals surface area contributed by atoms with Crippen LogP contribution in [0.2, 0.25) is 0 Å². The minimum absolute atomic E-state index is 0.0875. The fourth-order valence-corrected chi connectivity index (χ4v) is 4.48. The number of hydrogen-bond donors (Lipinski definition) is 2. The monoisotopic (exact) mass is 505 g/mol. The number of fused-ring (bicyclic) bond motifs is 1. The predicted molar refractivity (Wildman–Crippen MR) is 139 cm³/mol. The van der Waals surface area contributed by atoms with E-state index in [4.69, 9.17) is 25.5 Å². The SMILES string of the molecule is Cc1ccc(F)c(N(C(N)=O)c2ccc(-c3ccc(OCCN4CCOCC4)c4onc(N)c34)cc2)c1. The number of benzene rings is 3. The Morgan fingerprint density at radius 2 is 1.89 bits per heavy atom. The van der Waals surface area contributed by atoms with Gasteiger partial charge >= 0.3 is 6.03 Å². The lowest BCUT2D eigenvalue weighted by Crippen LogP contribution is -2.38. The maximum atomic E-state index is 14.5. The fourth-order valence-electron chi connectivity index (χ4n) is 4.48. The molecular weight excluding hydrogens is 477 g/mol. The number of anilines is 3. The van der Waals surface area contributed by atoms with Crippen molar-refractivity contribution in [1.82, 2.24) is 10.1 Å². The Balaban J connectivity index is 1.41. The lowest BCUT2D eigenvalue weighted by molar-refractivity contribution is 0.0322. The highest BCUT2D eigenvalue weighted by atomic mass is 19.1. The molecule has 1 aliphatic rings. The normalized spacial score (nSPS) is 14.1. The van der Waals surface area contributed by atoms with Crippen molar-refractivity contribution in [2.45, 2.75) is 6.92 Å². The van der Waals surface area contributed by atoms with Gasteiger partial charge in [0.25, 0.3) is 0 Å². The Bertz CT molecular complexity index is 1420. The summed E-state index contributed by atoms with van der Waals surface area (Å²) in [5, 5.41) is 4.58. The molecule has 0 bridgehead atoms. The molecule has 9 nitrogen and oxygen atoms in total. The molecule has 4 N–H and O–H groups in total. The second-order valence-electron chi connectivity index (χ2n) is 8.86. The molecule has 1 fully saturated rings. The second kappa shape index (κ2) is 10.5. The van der Waals surface area contributed by atoms with Crippen LogP contribution in [0.15, 0.2) is 59.1 Å². The number of aryl methyl sites for hydroxylation is 1. The van der Waals surface area contributed by atoms with Gasteiger partial charge < -0.3 is 25.5 Å². The quantitative estimate of drug-likeness (QED) is 0.381. The molecule has 2 heterocycles. The van der Waals surface area contributed by atoms with Crippen molar-refractivity contribution in [3.05, 3.63) is 66.0 Å². The fraction of sp³-hybridized carbons (Fsp3) is 0.259. The number of urea groups is 1. The first-order chi connectivity index (χ1) is 17.9. The summed E-state index contributed by atoms with van der Waals surface area (Å²) in [6, 6.07) is 14.5. The van der Waals surface area contributed by atoms with Crippen molar-refractivity contribution in [3.8, 4) is 16.9 Å².